The van der Waals surface area contributed by atoms with Crippen molar-refractivity contribution in [2.45, 2.75) is 17.9 Å². The predicted octanol–water partition coefficient (Wildman–Crippen LogP) is 0.841. The Morgan fingerprint density at radius 1 is 1.30 bits per heavy atom. The van der Waals surface area contributed by atoms with Crippen molar-refractivity contribution in [1.82, 2.24) is 14.3 Å². The van der Waals surface area contributed by atoms with Crippen LogP contribution >= 0.6 is 0 Å². The van der Waals surface area contributed by atoms with Gasteiger partial charge in [0.25, 0.3) is 5.56 Å². The minimum Gasteiger partial charge on any atom is -0.368 e. The Bertz CT molecular complexity index is 849. The highest BCUT2D eigenvalue weighted by molar-refractivity contribution is 7.89. The lowest BCUT2D eigenvalue weighted by Crippen LogP contribution is -2.42. The summed E-state index contributed by atoms with van der Waals surface area (Å²) in [5.41, 5.74) is 0.287. The molecule has 0 spiro atoms. The van der Waals surface area contributed by atoms with Gasteiger partial charge in [-0.3, -0.25) is 4.79 Å². The molecule has 0 aliphatic carbocycles. The van der Waals surface area contributed by atoms with Gasteiger partial charge in [0.05, 0.1) is 11.5 Å². The second-order valence-electron chi connectivity index (χ2n) is 5.31. The number of morpholine rings is 1. The maximum absolute atomic E-state index is 12.7. The van der Waals surface area contributed by atoms with Crippen LogP contribution in [0.4, 0.5) is 0 Å². The Morgan fingerprint density at radius 2 is 2.04 bits per heavy atom. The fourth-order valence-corrected chi connectivity index (χ4v) is 3.95. The quantitative estimate of drug-likeness (QED) is 0.897. The molecular formula is C15H17N3O4S. The maximum atomic E-state index is 12.7. The molecule has 0 amide bonds. The van der Waals surface area contributed by atoms with Crippen molar-refractivity contribution in [2.24, 2.45) is 0 Å². The van der Waals surface area contributed by atoms with Gasteiger partial charge in [-0.05, 0) is 19.1 Å². The highest BCUT2D eigenvalue weighted by atomic mass is 32.2. The Morgan fingerprint density at radius 3 is 2.74 bits per heavy atom. The van der Waals surface area contributed by atoms with Gasteiger partial charge in [0.1, 0.15) is 11.9 Å². The maximum Gasteiger partial charge on any atom is 0.251 e. The molecule has 1 aromatic carbocycles. The first kappa shape index (κ1) is 15.9. The molecule has 2 aromatic rings. The number of hydrogen-bond acceptors (Lipinski definition) is 5. The van der Waals surface area contributed by atoms with Gasteiger partial charge in [-0.1, -0.05) is 18.2 Å². The summed E-state index contributed by atoms with van der Waals surface area (Å²) in [6.45, 7) is 2.34. The normalized spacial score (nSPS) is 19.6. The van der Waals surface area contributed by atoms with E-state index in [0.29, 0.717) is 11.5 Å². The van der Waals surface area contributed by atoms with Crippen LogP contribution in [0.2, 0.25) is 0 Å². The fourth-order valence-electron chi connectivity index (χ4n) is 2.51. The largest absolute Gasteiger partial charge is 0.368 e. The van der Waals surface area contributed by atoms with Crippen LogP contribution in [0.3, 0.4) is 0 Å². The first-order chi connectivity index (χ1) is 11.0. The van der Waals surface area contributed by atoms with Crippen molar-refractivity contribution < 1.29 is 13.2 Å². The van der Waals surface area contributed by atoms with Crippen LogP contribution in [0.1, 0.15) is 17.6 Å². The van der Waals surface area contributed by atoms with E-state index in [2.05, 4.69) is 9.97 Å². The van der Waals surface area contributed by atoms with Gasteiger partial charge in [-0.2, -0.15) is 4.31 Å². The van der Waals surface area contributed by atoms with Gasteiger partial charge >= 0.3 is 0 Å². The van der Waals surface area contributed by atoms with E-state index < -0.39 is 16.1 Å². The van der Waals surface area contributed by atoms with Gasteiger partial charge < -0.3 is 9.72 Å². The number of nitrogens with one attached hydrogen (secondary N) is 1. The molecule has 122 valence electrons. The van der Waals surface area contributed by atoms with E-state index in [9.17, 15) is 13.2 Å². The van der Waals surface area contributed by atoms with E-state index in [0.717, 1.165) is 0 Å². The molecule has 0 bridgehead atoms. The van der Waals surface area contributed by atoms with Crippen LogP contribution in [0.25, 0.3) is 0 Å². The zero-order valence-electron chi connectivity index (χ0n) is 12.6. The van der Waals surface area contributed by atoms with Crippen molar-refractivity contribution >= 4 is 10.0 Å². The second-order valence-corrected chi connectivity index (χ2v) is 7.25. The van der Waals surface area contributed by atoms with Crippen molar-refractivity contribution in [3.05, 3.63) is 58.3 Å². The number of nitrogens with zero attached hydrogens (tertiary/aromatic N) is 2. The predicted molar refractivity (Wildman–Crippen MR) is 83.5 cm³/mol. The molecule has 2 heterocycles. The van der Waals surface area contributed by atoms with Crippen molar-refractivity contribution in [2.75, 3.05) is 19.7 Å². The highest BCUT2D eigenvalue weighted by Crippen LogP contribution is 2.24. The number of hydrogen-bond donors (Lipinski definition) is 1. The van der Waals surface area contributed by atoms with Crippen LogP contribution in [-0.4, -0.2) is 42.4 Å². The van der Waals surface area contributed by atoms with E-state index in [1.54, 1.807) is 37.3 Å². The van der Waals surface area contributed by atoms with Crippen LogP contribution in [0.15, 0.2) is 46.1 Å². The van der Waals surface area contributed by atoms with Crippen LogP contribution in [0.5, 0.6) is 0 Å². The average molecular weight is 335 g/mol. The molecule has 1 saturated heterocycles. The van der Waals surface area contributed by atoms with Crippen LogP contribution in [0, 0.1) is 6.92 Å². The van der Waals surface area contributed by atoms with E-state index in [1.165, 1.54) is 10.4 Å². The molecule has 3 rings (SSSR count). The third kappa shape index (κ3) is 3.34. The highest BCUT2D eigenvalue weighted by Gasteiger charge is 2.32. The second kappa shape index (κ2) is 6.23. The molecule has 7 nitrogen and oxygen atoms in total. The molecule has 8 heteroatoms. The number of rotatable bonds is 3. The summed E-state index contributed by atoms with van der Waals surface area (Å²) in [6.07, 6.45) is -0.588. The van der Waals surface area contributed by atoms with Crippen molar-refractivity contribution in [3.8, 4) is 0 Å². The Kier molecular flexibility index (Phi) is 4.29. The van der Waals surface area contributed by atoms with Gasteiger partial charge in [0.15, 0.2) is 0 Å². The van der Waals surface area contributed by atoms with Gasteiger partial charge in [0, 0.05) is 24.8 Å². The zero-order chi connectivity index (χ0) is 16.4. The number of benzene rings is 1. The molecule has 1 aromatic heterocycles. The summed E-state index contributed by atoms with van der Waals surface area (Å²) in [6, 6.07) is 9.64. The molecular weight excluding hydrogens is 318 g/mol. The molecule has 23 heavy (non-hydrogen) atoms. The molecule has 1 N–H and O–H groups in total. The third-order valence-corrected chi connectivity index (χ3v) is 5.48. The first-order valence-electron chi connectivity index (χ1n) is 7.21. The van der Waals surface area contributed by atoms with Crippen LogP contribution < -0.4 is 5.56 Å². The van der Waals surface area contributed by atoms with Crippen LogP contribution in [-0.2, 0) is 14.8 Å². The Labute approximate surface area is 134 Å². The zero-order valence-corrected chi connectivity index (χ0v) is 13.4. The lowest BCUT2D eigenvalue weighted by Gasteiger charge is -2.31. The Hall–Kier alpha value is -2.03. The van der Waals surface area contributed by atoms with Gasteiger partial charge in [-0.15, -0.1) is 0 Å². The molecule has 0 saturated carbocycles. The lowest BCUT2D eigenvalue weighted by molar-refractivity contribution is -0.00774. The number of aromatic nitrogens is 2. The molecule has 1 fully saturated rings. The number of aromatic amines is 1. The molecule has 0 radical (unpaired) electrons. The number of ether oxygens (including phenoxy) is 1. The smallest absolute Gasteiger partial charge is 0.251 e. The summed E-state index contributed by atoms with van der Waals surface area (Å²) >= 11 is 0. The number of H-pyrrole nitrogens is 1. The van der Waals surface area contributed by atoms with E-state index in [-0.39, 0.29) is 30.2 Å². The first-order valence-corrected chi connectivity index (χ1v) is 8.65. The van der Waals surface area contributed by atoms with E-state index >= 15 is 0 Å². The molecule has 0 unspecified atom stereocenters. The SMILES string of the molecule is Cc1cc(=O)[nH]c([C@@H]2CN(S(=O)(=O)c3ccccc3)CCO2)n1. The Balaban J connectivity index is 1.88. The molecule has 1 aliphatic heterocycles. The van der Waals surface area contributed by atoms with Gasteiger partial charge in [-0.25, -0.2) is 13.4 Å². The van der Waals surface area contributed by atoms with E-state index in [4.69, 9.17) is 4.74 Å². The number of aryl methyl sites for hydroxylation is 1. The summed E-state index contributed by atoms with van der Waals surface area (Å²) < 4.78 is 32.3. The standard InChI is InChI=1S/C15H17N3O4S/c1-11-9-14(19)17-15(16-11)13-10-18(7-8-22-13)23(20,21)12-5-3-2-4-6-12/h2-6,9,13H,7-8,10H2,1H3,(H,16,17,19)/t13-/m0/s1. The summed E-state index contributed by atoms with van der Waals surface area (Å²) in [5, 5.41) is 0. The van der Waals surface area contributed by atoms with Crippen molar-refractivity contribution in [1.29, 1.82) is 0 Å². The summed E-state index contributed by atoms with van der Waals surface area (Å²) in [7, 11) is -3.59. The number of sulfonamides is 1. The van der Waals surface area contributed by atoms with Gasteiger partial charge in [0.2, 0.25) is 10.0 Å². The van der Waals surface area contributed by atoms with Crippen molar-refractivity contribution in [3.63, 3.8) is 0 Å². The molecule has 1 atom stereocenters. The minimum absolute atomic E-state index is 0.115. The van der Waals surface area contributed by atoms with E-state index in [1.807, 2.05) is 0 Å². The summed E-state index contributed by atoms with van der Waals surface area (Å²) in [4.78, 5) is 18.7. The third-order valence-electron chi connectivity index (χ3n) is 3.60. The topological polar surface area (TPSA) is 92.4 Å². The fraction of sp³-hybridized carbons (Fsp3) is 0.333. The summed E-state index contributed by atoms with van der Waals surface area (Å²) in [5.74, 6) is 0.350. The average Bonchev–Trinajstić information content (AvgIpc) is 2.55. The monoisotopic (exact) mass is 335 g/mol. The minimum atomic E-state index is -3.59. The molecule has 1 aliphatic rings. The lowest BCUT2D eigenvalue weighted by atomic mass is 10.3.